The van der Waals surface area contributed by atoms with Crippen LogP contribution in [0.5, 0.6) is 0 Å². The Morgan fingerprint density at radius 2 is 1.75 bits per heavy atom. The number of hydrogen-bond acceptors (Lipinski definition) is 7. The normalized spacial score (nSPS) is 13.9. The number of rotatable bonds is 7. The summed E-state index contributed by atoms with van der Waals surface area (Å²) in [4.78, 5) is 47.2. The van der Waals surface area contributed by atoms with Crippen molar-refractivity contribution in [2.45, 2.75) is 32.8 Å². The second-order valence-corrected chi connectivity index (χ2v) is 10.6. The molecule has 0 unspecified atom stereocenters. The average Bonchev–Trinajstić information content (AvgIpc) is 3.55. The van der Waals surface area contributed by atoms with Crippen molar-refractivity contribution in [2.75, 3.05) is 39.4 Å². The molecular formula is C28H33N7O5. The van der Waals surface area contributed by atoms with E-state index < -0.39 is 11.7 Å². The number of aromatic nitrogens is 4. The fourth-order valence-corrected chi connectivity index (χ4v) is 4.44. The van der Waals surface area contributed by atoms with Gasteiger partial charge in [-0.1, -0.05) is 0 Å². The monoisotopic (exact) mass is 547 g/mol. The smallest absolute Gasteiger partial charge is 0.407 e. The van der Waals surface area contributed by atoms with Gasteiger partial charge in [0, 0.05) is 42.7 Å². The summed E-state index contributed by atoms with van der Waals surface area (Å²) >= 11 is 0. The van der Waals surface area contributed by atoms with Gasteiger partial charge in [-0.25, -0.2) is 9.78 Å². The molecule has 5 rings (SSSR count). The number of aromatic amines is 2. The number of H-pyrrole nitrogens is 2. The second kappa shape index (κ2) is 11.3. The van der Waals surface area contributed by atoms with Gasteiger partial charge in [-0.05, 0) is 63.6 Å². The number of nitrogens with zero attached hydrogens (tertiary/aromatic N) is 3. The first kappa shape index (κ1) is 27.1. The Morgan fingerprint density at radius 3 is 2.52 bits per heavy atom. The van der Waals surface area contributed by atoms with Gasteiger partial charge < -0.3 is 30.0 Å². The fraction of sp³-hybridized carbons (Fsp3) is 0.393. The minimum absolute atomic E-state index is 0.0390. The van der Waals surface area contributed by atoms with Crippen LogP contribution >= 0.6 is 0 Å². The Morgan fingerprint density at radius 1 is 1.00 bits per heavy atom. The van der Waals surface area contributed by atoms with Crippen molar-refractivity contribution in [3.05, 3.63) is 47.5 Å². The molecule has 2 aromatic carbocycles. The van der Waals surface area contributed by atoms with Gasteiger partial charge in [-0.3, -0.25) is 14.7 Å². The maximum atomic E-state index is 12.9. The van der Waals surface area contributed by atoms with Gasteiger partial charge in [0.15, 0.2) is 5.82 Å². The molecule has 1 saturated heterocycles. The molecule has 0 bridgehead atoms. The van der Waals surface area contributed by atoms with Crippen LogP contribution in [0.15, 0.2) is 36.4 Å². The number of alkyl carbamates (subject to hydrolysis) is 1. The number of carbonyl (C=O) groups excluding carboxylic acids is 3. The molecule has 0 atom stereocenters. The Kier molecular flexibility index (Phi) is 7.69. The molecule has 0 aliphatic carbocycles. The summed E-state index contributed by atoms with van der Waals surface area (Å²) in [7, 11) is 0. The zero-order valence-electron chi connectivity index (χ0n) is 22.8. The van der Waals surface area contributed by atoms with Crippen LogP contribution in [0.4, 0.5) is 4.79 Å². The molecule has 1 aliphatic rings. The summed E-state index contributed by atoms with van der Waals surface area (Å²) in [6, 6.07) is 10.7. The predicted molar refractivity (Wildman–Crippen MR) is 149 cm³/mol. The third-order valence-electron chi connectivity index (χ3n) is 6.38. The first-order valence-electron chi connectivity index (χ1n) is 13.3. The van der Waals surface area contributed by atoms with E-state index in [0.717, 1.165) is 16.4 Å². The minimum Gasteiger partial charge on any atom is -0.444 e. The largest absolute Gasteiger partial charge is 0.444 e. The SMILES string of the molecule is CC(C)(C)OC(=O)NCCCNC(=O)c1ccc2[nH]nc(-c3nc4ccc(C(=O)N5CCOCC5)cc4[nH]3)c2c1. The number of nitrogens with one attached hydrogen (secondary N) is 4. The van der Waals surface area contributed by atoms with E-state index in [1.54, 1.807) is 56.0 Å². The fourth-order valence-electron chi connectivity index (χ4n) is 4.44. The van der Waals surface area contributed by atoms with Crippen LogP contribution < -0.4 is 10.6 Å². The molecule has 0 radical (unpaired) electrons. The van der Waals surface area contributed by atoms with Crippen LogP contribution in [-0.4, -0.2) is 88.0 Å². The van der Waals surface area contributed by atoms with Crippen molar-refractivity contribution < 1.29 is 23.9 Å². The molecule has 3 heterocycles. The molecule has 12 heteroatoms. The number of amides is 3. The quantitative estimate of drug-likeness (QED) is 0.259. The Labute approximate surface area is 230 Å². The zero-order chi connectivity index (χ0) is 28.3. The third-order valence-corrected chi connectivity index (χ3v) is 6.38. The van der Waals surface area contributed by atoms with Crippen molar-refractivity contribution in [1.82, 2.24) is 35.7 Å². The predicted octanol–water partition coefficient (Wildman–Crippen LogP) is 3.22. The highest BCUT2D eigenvalue weighted by molar-refractivity contribution is 6.02. The molecule has 3 amide bonds. The molecule has 0 spiro atoms. The number of ether oxygens (including phenoxy) is 2. The van der Waals surface area contributed by atoms with E-state index in [1.807, 2.05) is 6.07 Å². The molecule has 4 N–H and O–H groups in total. The van der Waals surface area contributed by atoms with Gasteiger partial charge in [0.05, 0.1) is 29.8 Å². The van der Waals surface area contributed by atoms with Gasteiger partial charge in [-0.15, -0.1) is 0 Å². The average molecular weight is 548 g/mol. The Balaban J connectivity index is 1.25. The van der Waals surface area contributed by atoms with Crippen molar-refractivity contribution >= 4 is 39.8 Å². The number of fused-ring (bicyclic) bond motifs is 2. The second-order valence-electron chi connectivity index (χ2n) is 10.6. The molecule has 1 fully saturated rings. The molecular weight excluding hydrogens is 514 g/mol. The molecule has 40 heavy (non-hydrogen) atoms. The molecule has 12 nitrogen and oxygen atoms in total. The van der Waals surface area contributed by atoms with E-state index in [9.17, 15) is 14.4 Å². The molecule has 4 aromatic rings. The minimum atomic E-state index is -0.559. The number of morpholine rings is 1. The number of benzene rings is 2. The first-order valence-corrected chi connectivity index (χ1v) is 13.3. The summed E-state index contributed by atoms with van der Waals surface area (Å²) in [5.74, 6) is 0.257. The van der Waals surface area contributed by atoms with Crippen molar-refractivity contribution in [2.24, 2.45) is 0 Å². The summed E-state index contributed by atoms with van der Waals surface area (Å²) in [5.41, 5.74) is 3.26. The van der Waals surface area contributed by atoms with E-state index in [4.69, 9.17) is 9.47 Å². The third kappa shape index (κ3) is 6.23. The Bertz CT molecular complexity index is 1550. The lowest BCUT2D eigenvalue weighted by molar-refractivity contribution is 0.0303. The van der Waals surface area contributed by atoms with Crippen molar-refractivity contribution in [3.63, 3.8) is 0 Å². The first-order chi connectivity index (χ1) is 19.2. The molecule has 1 aliphatic heterocycles. The van der Waals surface area contributed by atoms with E-state index in [1.165, 1.54) is 0 Å². The van der Waals surface area contributed by atoms with E-state index >= 15 is 0 Å². The maximum Gasteiger partial charge on any atom is 0.407 e. The lowest BCUT2D eigenvalue weighted by Gasteiger charge is -2.26. The molecule has 210 valence electrons. The zero-order valence-corrected chi connectivity index (χ0v) is 22.8. The van der Waals surface area contributed by atoms with Crippen LogP contribution in [0.1, 0.15) is 47.9 Å². The van der Waals surface area contributed by atoms with Crippen molar-refractivity contribution in [1.29, 1.82) is 0 Å². The highest BCUT2D eigenvalue weighted by Gasteiger charge is 2.20. The van der Waals surface area contributed by atoms with Crippen LogP contribution in [-0.2, 0) is 9.47 Å². The topological polar surface area (TPSA) is 154 Å². The summed E-state index contributed by atoms with van der Waals surface area (Å²) in [6.07, 6.45) is 0.0708. The van der Waals surface area contributed by atoms with E-state index in [0.29, 0.717) is 74.0 Å². The van der Waals surface area contributed by atoms with Crippen LogP contribution in [0.25, 0.3) is 33.5 Å². The molecule has 2 aromatic heterocycles. The van der Waals surface area contributed by atoms with Crippen molar-refractivity contribution in [3.8, 4) is 11.5 Å². The Hall–Kier alpha value is -4.45. The highest BCUT2D eigenvalue weighted by Crippen LogP contribution is 2.27. The van der Waals surface area contributed by atoms with Crippen LogP contribution in [0.3, 0.4) is 0 Å². The summed E-state index contributed by atoms with van der Waals surface area (Å²) in [5, 5.41) is 13.7. The maximum absolute atomic E-state index is 12.9. The highest BCUT2D eigenvalue weighted by atomic mass is 16.6. The van der Waals surface area contributed by atoms with Gasteiger partial charge >= 0.3 is 6.09 Å². The van der Waals surface area contributed by atoms with Gasteiger partial charge in [0.25, 0.3) is 11.8 Å². The van der Waals surface area contributed by atoms with Crippen LogP contribution in [0.2, 0.25) is 0 Å². The van der Waals surface area contributed by atoms with Gasteiger partial charge in [0.1, 0.15) is 11.3 Å². The van der Waals surface area contributed by atoms with Gasteiger partial charge in [-0.2, -0.15) is 5.10 Å². The lowest BCUT2D eigenvalue weighted by atomic mass is 10.1. The lowest BCUT2D eigenvalue weighted by Crippen LogP contribution is -2.40. The standard InChI is InChI=1S/C28H33N7O5/c1-28(2,3)40-27(38)30-10-4-9-29-25(36)17-5-7-20-19(15-17)23(34-33-20)24-31-21-8-6-18(16-22(21)32-24)26(37)35-11-13-39-14-12-35/h5-8,15-16H,4,9-14H2,1-3H3,(H,29,36)(H,30,38)(H,31,32)(H,33,34). The van der Waals surface area contributed by atoms with Crippen LogP contribution in [0, 0.1) is 0 Å². The number of imidazole rings is 1. The summed E-state index contributed by atoms with van der Waals surface area (Å²) in [6.45, 7) is 8.40. The van der Waals surface area contributed by atoms with E-state index in [2.05, 4.69) is 30.8 Å². The van der Waals surface area contributed by atoms with Gasteiger partial charge in [0.2, 0.25) is 0 Å². The number of hydrogen-bond donors (Lipinski definition) is 4. The summed E-state index contributed by atoms with van der Waals surface area (Å²) < 4.78 is 10.5. The molecule has 0 saturated carbocycles. The van der Waals surface area contributed by atoms with E-state index in [-0.39, 0.29) is 11.8 Å². The number of carbonyl (C=O) groups is 3.